The number of nitrogens with one attached hydrogen (secondary N) is 2. The SMILES string of the molecule is CC(=Cc1ccccc1)CN[C@@H]1C[C@@H](C(=O)NC(C)C)N(C(C)C)C1. The molecule has 0 bridgehead atoms. The van der Waals surface area contributed by atoms with Gasteiger partial charge < -0.3 is 10.6 Å². The second-order valence-corrected chi connectivity index (χ2v) is 7.68. The molecular formula is C21H33N3O. The van der Waals surface area contributed by atoms with E-state index in [1.165, 1.54) is 11.1 Å². The highest BCUT2D eigenvalue weighted by Gasteiger charge is 2.37. The molecule has 0 aliphatic carbocycles. The van der Waals surface area contributed by atoms with E-state index >= 15 is 0 Å². The third-order valence-electron chi connectivity index (χ3n) is 4.62. The van der Waals surface area contributed by atoms with Crippen molar-refractivity contribution in [3.63, 3.8) is 0 Å². The predicted octanol–water partition coefficient (Wildman–Crippen LogP) is 3.06. The van der Waals surface area contributed by atoms with E-state index < -0.39 is 0 Å². The molecule has 4 heteroatoms. The molecule has 138 valence electrons. The van der Waals surface area contributed by atoms with Crippen molar-refractivity contribution in [1.29, 1.82) is 0 Å². The van der Waals surface area contributed by atoms with E-state index in [2.05, 4.69) is 66.6 Å². The molecule has 2 atom stereocenters. The molecule has 1 amide bonds. The lowest BCUT2D eigenvalue weighted by Gasteiger charge is -2.27. The minimum atomic E-state index is -0.0293. The summed E-state index contributed by atoms with van der Waals surface area (Å²) in [5.41, 5.74) is 2.53. The first-order chi connectivity index (χ1) is 11.9. The molecule has 2 N–H and O–H groups in total. The molecule has 1 fully saturated rings. The summed E-state index contributed by atoms with van der Waals surface area (Å²) in [4.78, 5) is 14.8. The number of nitrogens with zero attached hydrogens (tertiary/aromatic N) is 1. The summed E-state index contributed by atoms with van der Waals surface area (Å²) in [6.45, 7) is 12.3. The Hall–Kier alpha value is -1.65. The Bertz CT molecular complexity index is 580. The third-order valence-corrected chi connectivity index (χ3v) is 4.62. The summed E-state index contributed by atoms with van der Waals surface area (Å²) in [7, 11) is 0. The number of benzene rings is 1. The van der Waals surface area contributed by atoms with Crippen molar-refractivity contribution >= 4 is 12.0 Å². The largest absolute Gasteiger partial charge is 0.353 e. The average molecular weight is 344 g/mol. The molecule has 0 spiro atoms. The number of carbonyl (C=O) groups excluding carboxylic acids is 1. The van der Waals surface area contributed by atoms with Crippen molar-refractivity contribution in [1.82, 2.24) is 15.5 Å². The van der Waals surface area contributed by atoms with Crippen LogP contribution in [0.5, 0.6) is 0 Å². The lowest BCUT2D eigenvalue weighted by atomic mass is 10.1. The summed E-state index contributed by atoms with van der Waals surface area (Å²) in [6, 6.07) is 11.3. The fourth-order valence-corrected chi connectivity index (χ4v) is 3.41. The first-order valence-corrected chi connectivity index (χ1v) is 9.38. The Morgan fingerprint density at radius 1 is 1.24 bits per heavy atom. The summed E-state index contributed by atoms with van der Waals surface area (Å²) < 4.78 is 0. The normalized spacial score (nSPS) is 22.0. The topological polar surface area (TPSA) is 44.4 Å². The maximum atomic E-state index is 12.5. The fraction of sp³-hybridized carbons (Fsp3) is 0.571. The van der Waals surface area contributed by atoms with Gasteiger partial charge in [-0.1, -0.05) is 42.0 Å². The van der Waals surface area contributed by atoms with Gasteiger partial charge in [0.25, 0.3) is 0 Å². The molecule has 2 rings (SSSR count). The molecule has 25 heavy (non-hydrogen) atoms. The molecule has 1 aromatic carbocycles. The van der Waals surface area contributed by atoms with Crippen molar-refractivity contribution in [2.75, 3.05) is 13.1 Å². The minimum absolute atomic E-state index is 0.0293. The lowest BCUT2D eigenvalue weighted by molar-refractivity contribution is -0.126. The Morgan fingerprint density at radius 3 is 2.52 bits per heavy atom. The average Bonchev–Trinajstić information content (AvgIpc) is 2.98. The molecule has 0 radical (unpaired) electrons. The minimum Gasteiger partial charge on any atom is -0.353 e. The van der Waals surface area contributed by atoms with E-state index in [1.807, 2.05) is 19.9 Å². The maximum Gasteiger partial charge on any atom is 0.237 e. The van der Waals surface area contributed by atoms with Crippen molar-refractivity contribution in [2.24, 2.45) is 0 Å². The molecule has 1 aliphatic rings. The highest BCUT2D eigenvalue weighted by Crippen LogP contribution is 2.21. The number of likely N-dealkylation sites (tertiary alicyclic amines) is 1. The van der Waals surface area contributed by atoms with Crippen LogP contribution in [0, 0.1) is 0 Å². The molecule has 0 aromatic heterocycles. The van der Waals surface area contributed by atoms with E-state index in [0.717, 1.165) is 19.5 Å². The van der Waals surface area contributed by atoms with Crippen molar-refractivity contribution in [3.8, 4) is 0 Å². The van der Waals surface area contributed by atoms with Crippen molar-refractivity contribution < 1.29 is 4.79 Å². The van der Waals surface area contributed by atoms with Gasteiger partial charge in [0.2, 0.25) is 5.91 Å². The Kier molecular flexibility index (Phi) is 7.21. The Balaban J connectivity index is 1.92. The number of rotatable bonds is 7. The summed E-state index contributed by atoms with van der Waals surface area (Å²) in [5, 5.41) is 6.70. The third kappa shape index (κ3) is 5.98. The van der Waals surface area contributed by atoms with Gasteiger partial charge in [-0.2, -0.15) is 0 Å². The van der Waals surface area contributed by atoms with Gasteiger partial charge in [0.05, 0.1) is 6.04 Å². The quantitative estimate of drug-likeness (QED) is 0.800. The van der Waals surface area contributed by atoms with Crippen LogP contribution in [0.3, 0.4) is 0 Å². The standard InChI is InChI=1S/C21H33N3O/c1-15(2)23-21(25)20-12-19(14-24(20)16(3)4)22-13-17(5)11-18-9-7-6-8-10-18/h6-11,15-16,19-20,22H,12-14H2,1-5H3,(H,23,25)/t19-,20+/m1/s1. The van der Waals surface area contributed by atoms with Gasteiger partial charge in [-0.25, -0.2) is 0 Å². The van der Waals surface area contributed by atoms with Crippen LogP contribution in [0.25, 0.3) is 6.08 Å². The summed E-state index contributed by atoms with van der Waals surface area (Å²) in [6.07, 6.45) is 3.08. The van der Waals surface area contributed by atoms with E-state index in [1.54, 1.807) is 0 Å². The van der Waals surface area contributed by atoms with Gasteiger partial charge in [-0.3, -0.25) is 9.69 Å². The first kappa shape index (κ1) is 19.7. The van der Waals surface area contributed by atoms with Gasteiger partial charge in [-0.15, -0.1) is 0 Å². The molecule has 1 aliphatic heterocycles. The fourth-order valence-electron chi connectivity index (χ4n) is 3.41. The van der Waals surface area contributed by atoms with Crippen molar-refractivity contribution in [3.05, 3.63) is 41.5 Å². The Labute approximate surface area is 152 Å². The van der Waals surface area contributed by atoms with E-state index in [-0.39, 0.29) is 18.0 Å². The molecule has 1 heterocycles. The van der Waals surface area contributed by atoms with Crippen LogP contribution in [-0.2, 0) is 4.79 Å². The van der Waals surface area contributed by atoms with Crippen LogP contribution in [-0.4, -0.2) is 48.1 Å². The monoisotopic (exact) mass is 343 g/mol. The van der Waals surface area contributed by atoms with Gasteiger partial charge in [0.1, 0.15) is 0 Å². The number of hydrogen-bond donors (Lipinski definition) is 2. The van der Waals surface area contributed by atoms with Crippen LogP contribution in [0.4, 0.5) is 0 Å². The zero-order valence-electron chi connectivity index (χ0n) is 16.3. The molecule has 1 saturated heterocycles. The first-order valence-electron chi connectivity index (χ1n) is 9.38. The van der Waals surface area contributed by atoms with Crippen LogP contribution < -0.4 is 10.6 Å². The van der Waals surface area contributed by atoms with Gasteiger partial charge in [0, 0.05) is 31.2 Å². The lowest BCUT2D eigenvalue weighted by Crippen LogP contribution is -2.47. The van der Waals surface area contributed by atoms with E-state index in [0.29, 0.717) is 12.1 Å². The number of carbonyl (C=O) groups is 1. The van der Waals surface area contributed by atoms with Crippen LogP contribution in [0.1, 0.15) is 46.6 Å². The predicted molar refractivity (Wildman–Crippen MR) is 105 cm³/mol. The maximum absolute atomic E-state index is 12.5. The molecular weight excluding hydrogens is 310 g/mol. The van der Waals surface area contributed by atoms with E-state index in [4.69, 9.17) is 0 Å². The highest BCUT2D eigenvalue weighted by molar-refractivity contribution is 5.82. The van der Waals surface area contributed by atoms with Gasteiger partial charge in [0.15, 0.2) is 0 Å². The Morgan fingerprint density at radius 2 is 1.92 bits per heavy atom. The summed E-state index contributed by atoms with van der Waals surface area (Å²) in [5.74, 6) is 0.157. The van der Waals surface area contributed by atoms with Gasteiger partial charge >= 0.3 is 0 Å². The zero-order chi connectivity index (χ0) is 18.4. The smallest absolute Gasteiger partial charge is 0.237 e. The molecule has 0 saturated carbocycles. The second kappa shape index (κ2) is 9.16. The highest BCUT2D eigenvalue weighted by atomic mass is 16.2. The van der Waals surface area contributed by atoms with Gasteiger partial charge in [-0.05, 0) is 46.6 Å². The van der Waals surface area contributed by atoms with Crippen molar-refractivity contribution in [2.45, 2.75) is 65.2 Å². The van der Waals surface area contributed by atoms with Crippen LogP contribution in [0.15, 0.2) is 35.9 Å². The van der Waals surface area contributed by atoms with Crippen LogP contribution in [0.2, 0.25) is 0 Å². The molecule has 1 aromatic rings. The summed E-state index contributed by atoms with van der Waals surface area (Å²) >= 11 is 0. The molecule has 0 unspecified atom stereocenters. The zero-order valence-corrected chi connectivity index (χ0v) is 16.3. The number of amides is 1. The number of hydrogen-bond acceptors (Lipinski definition) is 3. The molecule has 4 nitrogen and oxygen atoms in total. The second-order valence-electron chi connectivity index (χ2n) is 7.68. The van der Waals surface area contributed by atoms with Crippen LogP contribution >= 0.6 is 0 Å². The van der Waals surface area contributed by atoms with E-state index in [9.17, 15) is 4.79 Å².